The van der Waals surface area contributed by atoms with Gasteiger partial charge in [0.25, 0.3) is 0 Å². The maximum absolute atomic E-state index is 6.34. The fraction of sp³-hybridized carbons (Fsp3) is 0.727. The Morgan fingerprint density at radius 2 is 1.69 bits per heavy atom. The minimum atomic E-state index is 0. The number of likely N-dealkylation sites (tertiary alicyclic amines) is 1. The van der Waals surface area contributed by atoms with Crippen molar-refractivity contribution in [2.24, 2.45) is 5.92 Å². The lowest BCUT2D eigenvalue weighted by atomic mass is 9.80. The van der Waals surface area contributed by atoms with Crippen LogP contribution in [0.25, 0.3) is 0 Å². The standard InChI is InChI=1S/C22H35ClN2.ClH/c1-24(2)21-12-14-25(15-13-21)17-22(18-8-5-3-4-6-9-18)19-10-7-11-20(23)16-19;/h7,10-11,16,18,21-22H,3-6,8-9,12-15,17H2,1-2H3;1H. The van der Waals surface area contributed by atoms with Crippen molar-refractivity contribution in [1.82, 2.24) is 9.80 Å². The first kappa shape index (κ1) is 22.0. The zero-order chi connectivity index (χ0) is 17.6. The zero-order valence-corrected chi connectivity index (χ0v) is 18.1. The van der Waals surface area contributed by atoms with Crippen molar-refractivity contribution in [1.29, 1.82) is 0 Å². The highest BCUT2D eigenvalue weighted by Gasteiger charge is 2.28. The molecule has 1 aromatic rings. The van der Waals surface area contributed by atoms with Gasteiger partial charge >= 0.3 is 0 Å². The van der Waals surface area contributed by atoms with E-state index in [0.29, 0.717) is 5.92 Å². The van der Waals surface area contributed by atoms with Crippen molar-refractivity contribution in [3.05, 3.63) is 34.9 Å². The van der Waals surface area contributed by atoms with Crippen molar-refractivity contribution in [2.75, 3.05) is 33.7 Å². The normalized spacial score (nSPS) is 22.0. The molecular weight excluding hydrogens is 363 g/mol. The molecule has 0 bridgehead atoms. The van der Waals surface area contributed by atoms with Gasteiger partial charge in [0.1, 0.15) is 0 Å². The SMILES string of the molecule is CN(C)C1CCN(CC(c2cccc(Cl)c2)C2CCCCCC2)CC1.Cl. The van der Waals surface area contributed by atoms with Crippen molar-refractivity contribution in [2.45, 2.75) is 63.3 Å². The quantitative estimate of drug-likeness (QED) is 0.574. The third kappa shape index (κ3) is 6.12. The van der Waals surface area contributed by atoms with Crippen molar-refractivity contribution in [3.63, 3.8) is 0 Å². The molecule has 1 heterocycles. The summed E-state index contributed by atoms with van der Waals surface area (Å²) < 4.78 is 0. The molecule has 1 saturated heterocycles. The largest absolute Gasteiger partial charge is 0.306 e. The Kier molecular flexibility index (Phi) is 9.23. The van der Waals surface area contributed by atoms with E-state index in [0.717, 1.165) is 17.0 Å². The minimum absolute atomic E-state index is 0. The molecule has 2 fully saturated rings. The second-order valence-electron chi connectivity index (χ2n) is 8.41. The molecule has 1 aromatic carbocycles. The Hall–Kier alpha value is -0.280. The first-order chi connectivity index (χ1) is 12.1. The Morgan fingerprint density at radius 1 is 1.04 bits per heavy atom. The summed E-state index contributed by atoms with van der Waals surface area (Å²) in [4.78, 5) is 5.12. The minimum Gasteiger partial charge on any atom is -0.306 e. The van der Waals surface area contributed by atoms with E-state index in [1.807, 2.05) is 6.07 Å². The van der Waals surface area contributed by atoms with E-state index in [4.69, 9.17) is 11.6 Å². The lowest BCUT2D eigenvalue weighted by molar-refractivity contribution is 0.129. The van der Waals surface area contributed by atoms with Gasteiger partial charge in [-0.25, -0.2) is 0 Å². The summed E-state index contributed by atoms with van der Waals surface area (Å²) in [7, 11) is 4.45. The van der Waals surface area contributed by atoms with Gasteiger partial charge in [-0.05, 0) is 82.4 Å². The molecule has 148 valence electrons. The van der Waals surface area contributed by atoms with Gasteiger partial charge in [0, 0.05) is 17.6 Å². The average molecular weight is 399 g/mol. The number of nitrogens with zero attached hydrogens (tertiary/aromatic N) is 2. The molecule has 1 atom stereocenters. The van der Waals surface area contributed by atoms with E-state index in [9.17, 15) is 0 Å². The second kappa shape index (κ2) is 10.9. The predicted molar refractivity (Wildman–Crippen MR) is 116 cm³/mol. The fourth-order valence-corrected chi connectivity index (χ4v) is 5.07. The molecule has 26 heavy (non-hydrogen) atoms. The monoisotopic (exact) mass is 398 g/mol. The fourth-order valence-electron chi connectivity index (χ4n) is 4.87. The summed E-state index contributed by atoms with van der Waals surface area (Å²) in [5.41, 5.74) is 1.47. The van der Waals surface area contributed by atoms with Crippen molar-refractivity contribution >= 4 is 24.0 Å². The van der Waals surface area contributed by atoms with Crippen LogP contribution in [-0.4, -0.2) is 49.6 Å². The van der Waals surface area contributed by atoms with Gasteiger partial charge in [-0.15, -0.1) is 12.4 Å². The van der Waals surface area contributed by atoms with Crippen molar-refractivity contribution < 1.29 is 0 Å². The van der Waals surface area contributed by atoms with Gasteiger partial charge in [0.15, 0.2) is 0 Å². The van der Waals surface area contributed by atoms with Crippen LogP contribution in [0.3, 0.4) is 0 Å². The van der Waals surface area contributed by atoms with Gasteiger partial charge in [0.2, 0.25) is 0 Å². The molecule has 2 nitrogen and oxygen atoms in total. The Labute approximate surface area is 171 Å². The molecule has 1 unspecified atom stereocenters. The average Bonchev–Trinajstić information content (AvgIpc) is 2.89. The Balaban J connectivity index is 0.00000243. The van der Waals surface area contributed by atoms with Crippen LogP contribution < -0.4 is 0 Å². The number of benzene rings is 1. The summed E-state index contributed by atoms with van der Waals surface area (Å²) in [6.45, 7) is 3.70. The van der Waals surface area contributed by atoms with Gasteiger partial charge in [0.05, 0.1) is 0 Å². The van der Waals surface area contributed by atoms with Crippen LogP contribution in [-0.2, 0) is 0 Å². The molecule has 0 radical (unpaired) electrons. The molecule has 1 aliphatic carbocycles. The highest BCUT2D eigenvalue weighted by Crippen LogP contribution is 2.37. The van der Waals surface area contributed by atoms with Gasteiger partial charge in [-0.1, -0.05) is 49.4 Å². The third-order valence-electron chi connectivity index (χ3n) is 6.49. The van der Waals surface area contributed by atoms with Crippen LogP contribution in [0.2, 0.25) is 5.02 Å². The molecule has 4 heteroatoms. The molecule has 0 amide bonds. The summed E-state index contributed by atoms with van der Waals surface area (Å²) >= 11 is 6.34. The first-order valence-electron chi connectivity index (χ1n) is 10.3. The second-order valence-corrected chi connectivity index (χ2v) is 8.84. The Bertz CT molecular complexity index is 519. The summed E-state index contributed by atoms with van der Waals surface area (Å²) in [5.74, 6) is 1.47. The van der Waals surface area contributed by atoms with Gasteiger partial charge in [-0.3, -0.25) is 0 Å². The summed E-state index contributed by atoms with van der Waals surface area (Å²) in [5, 5.41) is 0.891. The van der Waals surface area contributed by atoms with Crippen LogP contribution in [0.15, 0.2) is 24.3 Å². The number of hydrogen-bond donors (Lipinski definition) is 0. The third-order valence-corrected chi connectivity index (χ3v) is 6.72. The van der Waals surface area contributed by atoms with E-state index < -0.39 is 0 Å². The van der Waals surface area contributed by atoms with Crippen molar-refractivity contribution in [3.8, 4) is 0 Å². The van der Waals surface area contributed by atoms with E-state index in [1.165, 1.54) is 76.6 Å². The topological polar surface area (TPSA) is 6.48 Å². The summed E-state index contributed by atoms with van der Waals surface area (Å²) in [6, 6.07) is 9.45. The Morgan fingerprint density at radius 3 is 2.27 bits per heavy atom. The van der Waals surface area contributed by atoms with Crippen LogP contribution in [0.1, 0.15) is 62.8 Å². The first-order valence-corrected chi connectivity index (χ1v) is 10.7. The van der Waals surface area contributed by atoms with E-state index >= 15 is 0 Å². The molecule has 3 rings (SSSR count). The molecule has 0 spiro atoms. The molecular formula is C22H36Cl2N2. The zero-order valence-electron chi connectivity index (χ0n) is 16.5. The van der Waals surface area contributed by atoms with Crippen LogP contribution in [0.4, 0.5) is 0 Å². The maximum Gasteiger partial charge on any atom is 0.0408 e. The number of halogens is 2. The smallest absolute Gasteiger partial charge is 0.0408 e. The van der Waals surface area contributed by atoms with Crippen LogP contribution in [0.5, 0.6) is 0 Å². The van der Waals surface area contributed by atoms with Crippen LogP contribution >= 0.6 is 24.0 Å². The van der Waals surface area contributed by atoms with Gasteiger partial charge < -0.3 is 9.80 Å². The molecule has 2 aliphatic rings. The predicted octanol–water partition coefficient (Wildman–Crippen LogP) is 5.84. The van der Waals surface area contributed by atoms with E-state index in [2.05, 4.69) is 42.1 Å². The highest BCUT2D eigenvalue weighted by atomic mass is 35.5. The number of hydrogen-bond acceptors (Lipinski definition) is 2. The van der Waals surface area contributed by atoms with Crippen LogP contribution in [0, 0.1) is 5.92 Å². The molecule has 0 aromatic heterocycles. The highest BCUT2D eigenvalue weighted by molar-refractivity contribution is 6.30. The number of rotatable bonds is 5. The molecule has 1 saturated carbocycles. The lowest BCUT2D eigenvalue weighted by Gasteiger charge is -2.38. The maximum atomic E-state index is 6.34. The van der Waals surface area contributed by atoms with E-state index in [-0.39, 0.29) is 12.4 Å². The molecule has 0 N–H and O–H groups in total. The lowest BCUT2D eigenvalue weighted by Crippen LogP contribution is -2.43. The van der Waals surface area contributed by atoms with Gasteiger partial charge in [-0.2, -0.15) is 0 Å². The number of piperidine rings is 1. The molecule has 1 aliphatic heterocycles. The van der Waals surface area contributed by atoms with E-state index in [1.54, 1.807) is 0 Å². The summed E-state index contributed by atoms with van der Waals surface area (Å²) in [6.07, 6.45) is 11.1.